The van der Waals surface area contributed by atoms with Gasteiger partial charge in [0.2, 0.25) is 0 Å². The normalized spacial score (nSPS) is 12.4. The van der Waals surface area contributed by atoms with Crippen molar-refractivity contribution in [2.75, 3.05) is 5.73 Å². The monoisotopic (exact) mass is 269 g/mol. The molecule has 0 aliphatic carbocycles. The Morgan fingerprint density at radius 2 is 1.85 bits per heavy atom. The summed E-state index contributed by atoms with van der Waals surface area (Å²) in [4.78, 5) is 4.38. The highest BCUT2D eigenvalue weighted by molar-refractivity contribution is 5.88. The van der Waals surface area contributed by atoms with Crippen molar-refractivity contribution in [3.05, 3.63) is 35.4 Å². The van der Waals surface area contributed by atoms with Gasteiger partial charge in [-0.05, 0) is 44.9 Å². The summed E-state index contributed by atoms with van der Waals surface area (Å²) in [6.45, 7) is 7.11. The number of hydrogen-bond donors (Lipinski definition) is 2. The number of nitriles is 1. The molecule has 0 saturated carbocycles. The quantitative estimate of drug-likeness (QED) is 0.878. The highest BCUT2D eigenvalue weighted by atomic mass is 16.3. The number of rotatable bonds is 2. The summed E-state index contributed by atoms with van der Waals surface area (Å²) >= 11 is 0. The average Bonchev–Trinajstić information content (AvgIpc) is 2.35. The van der Waals surface area contributed by atoms with Gasteiger partial charge in [-0.2, -0.15) is 5.26 Å². The highest BCUT2D eigenvalue weighted by Gasteiger charge is 2.26. The molecule has 0 atom stereocenters. The SMILES string of the molecule is CC(C)(O)c1cc(N)nc2c(C(C)(C)C#N)cccc12. The van der Waals surface area contributed by atoms with Gasteiger partial charge in [0.15, 0.2) is 0 Å². The summed E-state index contributed by atoms with van der Waals surface area (Å²) in [5.74, 6) is 0.343. The Labute approximate surface area is 118 Å². The minimum atomic E-state index is -1.02. The number of para-hydroxylation sites is 1. The van der Waals surface area contributed by atoms with Gasteiger partial charge < -0.3 is 10.8 Å². The number of hydrogen-bond acceptors (Lipinski definition) is 4. The number of fused-ring (bicyclic) bond motifs is 1. The van der Waals surface area contributed by atoms with Gasteiger partial charge in [-0.1, -0.05) is 18.2 Å². The molecule has 0 saturated heterocycles. The van der Waals surface area contributed by atoms with Crippen LogP contribution in [0.25, 0.3) is 10.9 Å². The van der Waals surface area contributed by atoms with Crippen molar-refractivity contribution in [3.63, 3.8) is 0 Å². The van der Waals surface area contributed by atoms with Gasteiger partial charge in [0.1, 0.15) is 5.82 Å². The van der Waals surface area contributed by atoms with Crippen molar-refractivity contribution in [1.29, 1.82) is 5.26 Å². The van der Waals surface area contributed by atoms with E-state index in [4.69, 9.17) is 5.73 Å². The molecule has 104 valence electrons. The summed E-state index contributed by atoms with van der Waals surface area (Å²) in [5, 5.41) is 20.5. The first kappa shape index (κ1) is 14.3. The molecule has 0 aliphatic heterocycles. The van der Waals surface area contributed by atoms with E-state index in [9.17, 15) is 10.4 Å². The van der Waals surface area contributed by atoms with Crippen LogP contribution in [0.3, 0.4) is 0 Å². The molecule has 1 aromatic heterocycles. The molecule has 0 fully saturated rings. The zero-order valence-corrected chi connectivity index (χ0v) is 12.2. The third kappa shape index (κ3) is 2.33. The Morgan fingerprint density at radius 1 is 1.20 bits per heavy atom. The predicted molar refractivity (Wildman–Crippen MR) is 80.0 cm³/mol. The van der Waals surface area contributed by atoms with Crippen LogP contribution in [0.15, 0.2) is 24.3 Å². The van der Waals surface area contributed by atoms with Crippen LogP contribution in [0.2, 0.25) is 0 Å². The lowest BCUT2D eigenvalue weighted by atomic mass is 9.83. The number of pyridine rings is 1. The number of nitrogens with zero attached hydrogens (tertiary/aromatic N) is 2. The summed E-state index contributed by atoms with van der Waals surface area (Å²) in [6.07, 6.45) is 0. The molecule has 3 N–H and O–H groups in total. The molecule has 1 aromatic carbocycles. The molecule has 20 heavy (non-hydrogen) atoms. The first-order chi connectivity index (χ1) is 9.16. The maximum absolute atomic E-state index is 10.3. The maximum atomic E-state index is 10.3. The minimum absolute atomic E-state index is 0.343. The highest BCUT2D eigenvalue weighted by Crippen LogP contribution is 2.34. The topological polar surface area (TPSA) is 82.9 Å². The first-order valence-corrected chi connectivity index (χ1v) is 6.50. The molecular weight excluding hydrogens is 250 g/mol. The average molecular weight is 269 g/mol. The second kappa shape index (κ2) is 4.46. The van der Waals surface area contributed by atoms with Crippen LogP contribution in [0.1, 0.15) is 38.8 Å². The molecular formula is C16H19N3O. The second-order valence-electron chi connectivity index (χ2n) is 6.09. The Morgan fingerprint density at radius 3 is 2.40 bits per heavy atom. The van der Waals surface area contributed by atoms with Crippen molar-refractivity contribution < 1.29 is 5.11 Å². The Hall–Kier alpha value is -2.12. The Kier molecular flexibility index (Phi) is 3.19. The van der Waals surface area contributed by atoms with Crippen molar-refractivity contribution in [3.8, 4) is 6.07 Å². The molecule has 0 amide bonds. The molecule has 4 nitrogen and oxygen atoms in total. The van der Waals surface area contributed by atoms with Crippen molar-refractivity contribution in [2.24, 2.45) is 0 Å². The minimum Gasteiger partial charge on any atom is -0.386 e. The van der Waals surface area contributed by atoms with Crippen LogP contribution in [0, 0.1) is 11.3 Å². The number of nitrogen functional groups attached to an aromatic ring is 1. The Balaban J connectivity index is 2.91. The zero-order valence-electron chi connectivity index (χ0n) is 12.2. The fourth-order valence-electron chi connectivity index (χ4n) is 2.34. The second-order valence-corrected chi connectivity index (χ2v) is 6.09. The van der Waals surface area contributed by atoms with Crippen molar-refractivity contribution >= 4 is 16.7 Å². The zero-order chi connectivity index (χ0) is 15.1. The third-order valence-corrected chi connectivity index (χ3v) is 3.47. The predicted octanol–water partition coefficient (Wildman–Crippen LogP) is 2.85. The Bertz CT molecular complexity index is 706. The van der Waals surface area contributed by atoms with E-state index in [1.165, 1.54) is 0 Å². The summed E-state index contributed by atoms with van der Waals surface area (Å²) in [7, 11) is 0. The van der Waals surface area contributed by atoms with Gasteiger partial charge in [0.05, 0.1) is 22.6 Å². The largest absolute Gasteiger partial charge is 0.386 e. The molecule has 1 heterocycles. The van der Waals surface area contributed by atoms with E-state index in [1.54, 1.807) is 19.9 Å². The fraction of sp³-hybridized carbons (Fsp3) is 0.375. The fourth-order valence-corrected chi connectivity index (χ4v) is 2.34. The smallest absolute Gasteiger partial charge is 0.124 e. The van der Waals surface area contributed by atoms with Crippen molar-refractivity contribution in [1.82, 2.24) is 4.98 Å². The first-order valence-electron chi connectivity index (χ1n) is 6.50. The molecule has 0 aliphatic rings. The standard InChI is InChI=1S/C16H19N3O/c1-15(2,9-17)11-7-5-6-10-12(16(3,4)20)8-13(18)19-14(10)11/h5-8,20H,1-4H3,(H2,18,19). The number of aromatic nitrogens is 1. The van der Waals surface area contributed by atoms with Gasteiger partial charge in [-0.3, -0.25) is 0 Å². The van der Waals surface area contributed by atoms with E-state index in [0.29, 0.717) is 11.3 Å². The summed E-state index contributed by atoms with van der Waals surface area (Å²) in [5.41, 5.74) is 6.39. The molecule has 0 bridgehead atoms. The summed E-state index contributed by atoms with van der Waals surface area (Å²) < 4.78 is 0. The molecule has 2 aromatic rings. The van der Waals surface area contributed by atoms with Crippen LogP contribution in [-0.2, 0) is 11.0 Å². The number of aliphatic hydroxyl groups is 1. The van der Waals surface area contributed by atoms with Gasteiger partial charge in [-0.15, -0.1) is 0 Å². The molecule has 0 spiro atoms. The number of nitrogens with two attached hydrogens (primary N) is 1. The van der Waals surface area contributed by atoms with Crippen LogP contribution in [0.5, 0.6) is 0 Å². The number of benzene rings is 1. The maximum Gasteiger partial charge on any atom is 0.124 e. The number of anilines is 1. The van der Waals surface area contributed by atoms with E-state index < -0.39 is 11.0 Å². The van der Waals surface area contributed by atoms with Crippen LogP contribution in [0.4, 0.5) is 5.82 Å². The molecule has 0 radical (unpaired) electrons. The van der Waals surface area contributed by atoms with Gasteiger partial charge in [0, 0.05) is 5.39 Å². The molecule has 4 heteroatoms. The van der Waals surface area contributed by atoms with E-state index in [-0.39, 0.29) is 0 Å². The van der Waals surface area contributed by atoms with Crippen LogP contribution in [-0.4, -0.2) is 10.1 Å². The lowest BCUT2D eigenvalue weighted by Gasteiger charge is -2.23. The van der Waals surface area contributed by atoms with E-state index in [2.05, 4.69) is 11.1 Å². The molecule has 2 rings (SSSR count). The lowest BCUT2D eigenvalue weighted by Crippen LogP contribution is -2.19. The van der Waals surface area contributed by atoms with Crippen molar-refractivity contribution in [2.45, 2.75) is 38.7 Å². The summed E-state index contributed by atoms with van der Waals surface area (Å²) in [6, 6.07) is 9.62. The van der Waals surface area contributed by atoms with E-state index in [0.717, 1.165) is 16.5 Å². The van der Waals surface area contributed by atoms with Gasteiger partial charge in [-0.25, -0.2) is 4.98 Å². The van der Waals surface area contributed by atoms with E-state index >= 15 is 0 Å². The van der Waals surface area contributed by atoms with Crippen LogP contribution >= 0.6 is 0 Å². The lowest BCUT2D eigenvalue weighted by molar-refractivity contribution is 0.0802. The van der Waals surface area contributed by atoms with E-state index in [1.807, 2.05) is 32.0 Å². The van der Waals surface area contributed by atoms with Gasteiger partial charge >= 0.3 is 0 Å². The van der Waals surface area contributed by atoms with Gasteiger partial charge in [0.25, 0.3) is 0 Å². The molecule has 0 unspecified atom stereocenters. The van der Waals surface area contributed by atoms with Crippen LogP contribution < -0.4 is 5.73 Å². The third-order valence-electron chi connectivity index (χ3n) is 3.47.